The van der Waals surface area contributed by atoms with Gasteiger partial charge in [0.25, 0.3) is 0 Å². The molecule has 1 rings (SSSR count). The van der Waals surface area contributed by atoms with Gasteiger partial charge >= 0.3 is 0 Å². The summed E-state index contributed by atoms with van der Waals surface area (Å²) in [5.41, 5.74) is 2.64. The summed E-state index contributed by atoms with van der Waals surface area (Å²) in [4.78, 5) is 4.40. The van der Waals surface area contributed by atoms with Crippen LogP contribution in [0.1, 0.15) is 52.4 Å². The summed E-state index contributed by atoms with van der Waals surface area (Å²) in [5, 5.41) is 3.37. The van der Waals surface area contributed by atoms with Gasteiger partial charge < -0.3 is 10.1 Å². The number of nitrogens with one attached hydrogen (secondary N) is 2. The molecule has 0 amide bonds. The van der Waals surface area contributed by atoms with Gasteiger partial charge in [0.15, 0.2) is 0 Å². The van der Waals surface area contributed by atoms with E-state index in [0.717, 1.165) is 13.0 Å². The molecule has 1 saturated carbocycles. The number of nitrogens with two attached hydrogens (primary N) is 1. The van der Waals surface area contributed by atoms with Gasteiger partial charge in [-0.15, -0.1) is 0 Å². The van der Waals surface area contributed by atoms with Crippen LogP contribution in [0.5, 0.6) is 0 Å². The fourth-order valence-electron chi connectivity index (χ4n) is 2.22. The summed E-state index contributed by atoms with van der Waals surface area (Å²) in [5.74, 6) is 6.87. The second-order valence-electron chi connectivity index (χ2n) is 5.65. The zero-order chi connectivity index (χ0) is 13.9. The van der Waals surface area contributed by atoms with E-state index in [1.807, 2.05) is 0 Å². The van der Waals surface area contributed by atoms with E-state index < -0.39 is 0 Å². The number of hydrogen-bond acceptors (Lipinski definition) is 3. The molecule has 0 atom stereocenters. The van der Waals surface area contributed by atoms with Crippen molar-refractivity contribution < 1.29 is 4.74 Å². The maximum atomic E-state index is 5.53. The number of nitrogens with zero attached hydrogens (tertiary/aromatic N) is 1. The monoisotopic (exact) mass is 270 g/mol. The number of rotatable bonds is 7. The third-order valence-corrected chi connectivity index (χ3v) is 3.43. The molecule has 112 valence electrons. The van der Waals surface area contributed by atoms with Crippen molar-refractivity contribution in [2.45, 2.75) is 58.4 Å². The Morgan fingerprint density at radius 1 is 1.26 bits per heavy atom. The van der Waals surface area contributed by atoms with Crippen molar-refractivity contribution in [2.24, 2.45) is 16.8 Å². The first-order valence-electron chi connectivity index (χ1n) is 7.57. The van der Waals surface area contributed by atoms with Crippen LogP contribution in [0.4, 0.5) is 0 Å². The van der Waals surface area contributed by atoms with Gasteiger partial charge in [-0.1, -0.05) is 33.1 Å². The highest BCUT2D eigenvalue weighted by atomic mass is 16.5. The van der Waals surface area contributed by atoms with E-state index in [-0.39, 0.29) is 0 Å². The largest absolute Gasteiger partial charge is 0.380 e. The van der Waals surface area contributed by atoms with Gasteiger partial charge in [0.2, 0.25) is 5.96 Å². The molecule has 5 nitrogen and oxygen atoms in total. The topological polar surface area (TPSA) is 71.7 Å². The molecule has 0 aromatic carbocycles. The summed E-state index contributed by atoms with van der Waals surface area (Å²) in [6.07, 6.45) is 7.48. The van der Waals surface area contributed by atoms with Crippen molar-refractivity contribution in [1.82, 2.24) is 10.7 Å². The highest BCUT2D eigenvalue weighted by Crippen LogP contribution is 2.17. The molecule has 5 heteroatoms. The van der Waals surface area contributed by atoms with Crippen LogP contribution in [0.25, 0.3) is 0 Å². The molecule has 0 aromatic heterocycles. The molecule has 0 bridgehead atoms. The predicted molar refractivity (Wildman–Crippen MR) is 79.9 cm³/mol. The zero-order valence-corrected chi connectivity index (χ0v) is 12.5. The Kier molecular flexibility index (Phi) is 8.58. The highest BCUT2D eigenvalue weighted by molar-refractivity contribution is 5.79. The lowest BCUT2D eigenvalue weighted by atomic mass is 9.96. The number of hydrazine groups is 1. The summed E-state index contributed by atoms with van der Waals surface area (Å²) in [7, 11) is 0. The van der Waals surface area contributed by atoms with Crippen molar-refractivity contribution in [3.63, 3.8) is 0 Å². The lowest BCUT2D eigenvalue weighted by Crippen LogP contribution is -2.47. The van der Waals surface area contributed by atoms with Crippen LogP contribution >= 0.6 is 0 Å². The zero-order valence-electron chi connectivity index (χ0n) is 12.5. The lowest BCUT2D eigenvalue weighted by molar-refractivity contribution is 0.130. The third-order valence-electron chi connectivity index (χ3n) is 3.43. The Balaban J connectivity index is 2.12. The molecule has 1 fully saturated rings. The fourth-order valence-corrected chi connectivity index (χ4v) is 2.22. The lowest BCUT2D eigenvalue weighted by Gasteiger charge is -2.24. The maximum absolute atomic E-state index is 5.53. The van der Waals surface area contributed by atoms with E-state index in [4.69, 9.17) is 10.6 Å². The molecule has 0 aliphatic heterocycles. The molecule has 0 aromatic rings. The van der Waals surface area contributed by atoms with E-state index in [9.17, 15) is 0 Å². The minimum Gasteiger partial charge on any atom is -0.380 e. The molecule has 0 heterocycles. The van der Waals surface area contributed by atoms with Crippen LogP contribution in [0.2, 0.25) is 0 Å². The van der Waals surface area contributed by atoms with Crippen LogP contribution < -0.4 is 16.6 Å². The second-order valence-corrected chi connectivity index (χ2v) is 5.65. The Morgan fingerprint density at radius 3 is 2.63 bits per heavy atom. The standard InChI is InChI=1S/C14H30N4O/c1-12(2)8-10-19-11-9-16-14(18-15)17-13-6-4-3-5-7-13/h12-13H,3-11,15H2,1-2H3,(H2,16,17,18). The van der Waals surface area contributed by atoms with E-state index in [1.165, 1.54) is 32.1 Å². The third kappa shape index (κ3) is 8.06. The Labute approximate surface area is 117 Å². The average molecular weight is 270 g/mol. The Bertz CT molecular complexity index is 250. The first-order valence-corrected chi connectivity index (χ1v) is 7.57. The number of hydrogen-bond donors (Lipinski definition) is 3. The van der Waals surface area contributed by atoms with Crippen LogP contribution in [0.15, 0.2) is 4.99 Å². The fraction of sp³-hybridized carbons (Fsp3) is 0.929. The molecule has 0 unspecified atom stereocenters. The van der Waals surface area contributed by atoms with Gasteiger partial charge in [-0.25, -0.2) is 10.8 Å². The van der Waals surface area contributed by atoms with Crippen molar-refractivity contribution >= 4 is 5.96 Å². The van der Waals surface area contributed by atoms with Crippen molar-refractivity contribution in [1.29, 1.82) is 0 Å². The number of guanidine groups is 1. The average Bonchev–Trinajstić information content (AvgIpc) is 2.42. The van der Waals surface area contributed by atoms with Crippen molar-refractivity contribution in [3.05, 3.63) is 0 Å². The van der Waals surface area contributed by atoms with Gasteiger partial charge in [0.05, 0.1) is 13.2 Å². The molecule has 0 spiro atoms. The summed E-state index contributed by atoms with van der Waals surface area (Å²) in [6.45, 7) is 6.52. The maximum Gasteiger partial charge on any atom is 0.206 e. The van der Waals surface area contributed by atoms with Gasteiger partial charge in [-0.05, 0) is 25.2 Å². The second kappa shape index (κ2) is 10.0. The quantitative estimate of drug-likeness (QED) is 0.217. The Morgan fingerprint density at radius 2 is 2.00 bits per heavy atom. The predicted octanol–water partition coefficient (Wildman–Crippen LogP) is 1.79. The first kappa shape index (κ1) is 16.2. The molecular formula is C14H30N4O. The first-order chi connectivity index (χ1) is 9.22. The van der Waals surface area contributed by atoms with Crippen LogP contribution in [-0.4, -0.2) is 31.8 Å². The SMILES string of the molecule is CC(C)CCOCCN=C(NN)NC1CCCCC1. The summed E-state index contributed by atoms with van der Waals surface area (Å²) >= 11 is 0. The van der Waals surface area contributed by atoms with E-state index in [1.54, 1.807) is 0 Å². The van der Waals surface area contributed by atoms with Gasteiger partial charge in [0, 0.05) is 12.6 Å². The van der Waals surface area contributed by atoms with E-state index >= 15 is 0 Å². The van der Waals surface area contributed by atoms with E-state index in [2.05, 4.69) is 29.6 Å². The van der Waals surface area contributed by atoms with Gasteiger partial charge in [-0.3, -0.25) is 5.43 Å². The molecule has 0 radical (unpaired) electrons. The minimum atomic E-state index is 0.519. The highest BCUT2D eigenvalue weighted by Gasteiger charge is 2.13. The van der Waals surface area contributed by atoms with Crippen molar-refractivity contribution in [2.75, 3.05) is 19.8 Å². The number of aliphatic imine (C=N–C) groups is 1. The summed E-state index contributed by atoms with van der Waals surface area (Å²) in [6, 6.07) is 0.519. The summed E-state index contributed by atoms with van der Waals surface area (Å²) < 4.78 is 5.53. The van der Waals surface area contributed by atoms with Gasteiger partial charge in [-0.2, -0.15) is 0 Å². The van der Waals surface area contributed by atoms with Crippen LogP contribution in [0.3, 0.4) is 0 Å². The minimum absolute atomic E-state index is 0.519. The van der Waals surface area contributed by atoms with Gasteiger partial charge in [0.1, 0.15) is 0 Å². The Hall–Kier alpha value is -0.810. The van der Waals surface area contributed by atoms with E-state index in [0.29, 0.717) is 31.1 Å². The molecule has 19 heavy (non-hydrogen) atoms. The molecular weight excluding hydrogens is 240 g/mol. The molecule has 0 saturated heterocycles. The number of ether oxygens (including phenoxy) is 1. The smallest absolute Gasteiger partial charge is 0.206 e. The molecule has 1 aliphatic rings. The molecule has 4 N–H and O–H groups in total. The van der Waals surface area contributed by atoms with Crippen LogP contribution in [0, 0.1) is 5.92 Å². The normalized spacial score (nSPS) is 17.8. The molecule has 1 aliphatic carbocycles. The van der Waals surface area contributed by atoms with Crippen LogP contribution in [-0.2, 0) is 4.74 Å². The van der Waals surface area contributed by atoms with Crippen molar-refractivity contribution in [3.8, 4) is 0 Å².